The zero-order chi connectivity index (χ0) is 14.2. The zero-order valence-electron chi connectivity index (χ0n) is 10.9. The van der Waals surface area contributed by atoms with E-state index in [9.17, 15) is 4.39 Å². The van der Waals surface area contributed by atoms with Crippen molar-refractivity contribution in [2.24, 2.45) is 0 Å². The Kier molecular flexibility index (Phi) is 3.97. The highest BCUT2D eigenvalue weighted by atomic mass is 79.9. The highest BCUT2D eigenvalue weighted by Crippen LogP contribution is 2.31. The van der Waals surface area contributed by atoms with Crippen molar-refractivity contribution in [3.63, 3.8) is 0 Å². The lowest BCUT2D eigenvalue weighted by Crippen LogP contribution is -2.24. The van der Waals surface area contributed by atoms with E-state index in [1.807, 2.05) is 4.57 Å². The van der Waals surface area contributed by atoms with Gasteiger partial charge in [0.2, 0.25) is 0 Å². The van der Waals surface area contributed by atoms with Gasteiger partial charge in [-0.05, 0) is 39.0 Å². The first kappa shape index (κ1) is 14.5. The van der Waals surface area contributed by atoms with Gasteiger partial charge in [-0.25, -0.2) is 4.39 Å². The molecule has 0 fully saturated rings. The Morgan fingerprint density at radius 2 is 2.00 bits per heavy atom. The number of halogens is 3. The van der Waals surface area contributed by atoms with Gasteiger partial charge in [-0.2, -0.15) is 0 Å². The van der Waals surface area contributed by atoms with E-state index in [1.54, 1.807) is 6.07 Å². The minimum atomic E-state index is -0.365. The first-order valence-electron chi connectivity index (χ1n) is 5.80. The molecule has 0 aliphatic carbocycles. The molecule has 0 amide bonds. The standard InChI is InChI=1S/C13H14BrClFN3/c1-13(2,3)19-11(7-14)17-18-12(19)9-5-4-8(16)6-10(9)15/h4-6H,7H2,1-3H3. The molecule has 3 nitrogen and oxygen atoms in total. The molecule has 19 heavy (non-hydrogen) atoms. The molecule has 0 N–H and O–H groups in total. The van der Waals surface area contributed by atoms with Crippen LogP contribution in [0.3, 0.4) is 0 Å². The molecule has 0 saturated carbocycles. The number of aromatic nitrogens is 3. The predicted octanol–water partition coefficient (Wildman–Crippen LogP) is 4.39. The molecule has 2 rings (SSSR count). The molecule has 1 aromatic heterocycles. The Hall–Kier alpha value is -0.940. The summed E-state index contributed by atoms with van der Waals surface area (Å²) in [5, 5.41) is 9.27. The highest BCUT2D eigenvalue weighted by Gasteiger charge is 2.24. The van der Waals surface area contributed by atoms with Gasteiger partial charge >= 0.3 is 0 Å². The summed E-state index contributed by atoms with van der Waals surface area (Å²) in [7, 11) is 0. The first-order valence-corrected chi connectivity index (χ1v) is 7.30. The van der Waals surface area contributed by atoms with Crippen molar-refractivity contribution in [2.45, 2.75) is 31.6 Å². The quantitative estimate of drug-likeness (QED) is 0.755. The average molecular weight is 347 g/mol. The summed E-state index contributed by atoms with van der Waals surface area (Å²) in [5.41, 5.74) is 0.484. The lowest BCUT2D eigenvalue weighted by atomic mass is 10.1. The molecule has 1 heterocycles. The number of rotatable bonds is 2. The number of benzene rings is 1. The highest BCUT2D eigenvalue weighted by molar-refractivity contribution is 9.08. The Labute approximate surface area is 124 Å². The van der Waals surface area contributed by atoms with Crippen LogP contribution in [0.5, 0.6) is 0 Å². The largest absolute Gasteiger partial charge is 0.305 e. The van der Waals surface area contributed by atoms with Crippen molar-refractivity contribution in [2.75, 3.05) is 0 Å². The van der Waals surface area contributed by atoms with Gasteiger partial charge in [-0.3, -0.25) is 0 Å². The van der Waals surface area contributed by atoms with E-state index in [0.717, 1.165) is 5.82 Å². The number of hydrogen-bond donors (Lipinski definition) is 0. The molecule has 0 aliphatic rings. The van der Waals surface area contributed by atoms with Gasteiger partial charge in [-0.15, -0.1) is 10.2 Å². The van der Waals surface area contributed by atoms with Crippen LogP contribution >= 0.6 is 27.5 Å². The van der Waals surface area contributed by atoms with Gasteiger partial charge in [0.15, 0.2) is 5.82 Å². The van der Waals surface area contributed by atoms with Crippen molar-refractivity contribution in [1.82, 2.24) is 14.8 Å². The molecule has 0 aliphatic heterocycles. The molecule has 0 atom stereocenters. The van der Waals surface area contributed by atoms with Crippen molar-refractivity contribution in [3.8, 4) is 11.4 Å². The normalized spacial score (nSPS) is 11.9. The Balaban J connectivity index is 2.66. The molecule has 6 heteroatoms. The third kappa shape index (κ3) is 2.82. The Morgan fingerprint density at radius 1 is 1.32 bits per heavy atom. The minimum Gasteiger partial charge on any atom is -0.305 e. The van der Waals surface area contributed by atoms with Crippen molar-refractivity contribution in [3.05, 3.63) is 34.9 Å². The van der Waals surface area contributed by atoms with Crippen LogP contribution < -0.4 is 0 Å². The summed E-state index contributed by atoms with van der Waals surface area (Å²) < 4.78 is 15.1. The van der Waals surface area contributed by atoms with Crippen LogP contribution in [0.4, 0.5) is 4.39 Å². The van der Waals surface area contributed by atoms with Crippen LogP contribution in [-0.2, 0) is 10.9 Å². The van der Waals surface area contributed by atoms with E-state index in [-0.39, 0.29) is 11.4 Å². The summed E-state index contributed by atoms with van der Waals surface area (Å²) in [6.07, 6.45) is 0. The molecule has 0 spiro atoms. The smallest absolute Gasteiger partial charge is 0.165 e. The van der Waals surface area contributed by atoms with E-state index < -0.39 is 0 Å². The molecular formula is C13H14BrClFN3. The second-order valence-corrected chi connectivity index (χ2v) is 6.17. The van der Waals surface area contributed by atoms with E-state index in [4.69, 9.17) is 11.6 Å². The van der Waals surface area contributed by atoms with E-state index in [1.165, 1.54) is 12.1 Å². The van der Waals surface area contributed by atoms with Gasteiger partial charge in [0.25, 0.3) is 0 Å². The van der Waals surface area contributed by atoms with Crippen molar-refractivity contribution in [1.29, 1.82) is 0 Å². The van der Waals surface area contributed by atoms with Crippen LogP contribution in [0.2, 0.25) is 5.02 Å². The van der Waals surface area contributed by atoms with Gasteiger partial charge in [-0.1, -0.05) is 27.5 Å². The number of hydrogen-bond acceptors (Lipinski definition) is 2. The average Bonchev–Trinajstić information content (AvgIpc) is 2.72. The lowest BCUT2D eigenvalue weighted by Gasteiger charge is -2.24. The zero-order valence-corrected chi connectivity index (χ0v) is 13.3. The maximum absolute atomic E-state index is 13.1. The Bertz CT molecular complexity index is 604. The minimum absolute atomic E-state index is 0.195. The second kappa shape index (κ2) is 5.21. The van der Waals surface area contributed by atoms with Gasteiger partial charge in [0.05, 0.1) is 10.4 Å². The molecule has 0 bridgehead atoms. The third-order valence-electron chi connectivity index (χ3n) is 2.69. The van der Waals surface area contributed by atoms with E-state index in [2.05, 4.69) is 46.9 Å². The van der Waals surface area contributed by atoms with Gasteiger partial charge in [0, 0.05) is 11.1 Å². The summed E-state index contributed by atoms with van der Waals surface area (Å²) in [6, 6.07) is 4.28. The second-order valence-electron chi connectivity index (χ2n) is 5.20. The monoisotopic (exact) mass is 345 g/mol. The van der Waals surface area contributed by atoms with Crippen LogP contribution in [-0.4, -0.2) is 14.8 Å². The fourth-order valence-electron chi connectivity index (χ4n) is 1.95. The number of nitrogens with zero attached hydrogens (tertiary/aromatic N) is 3. The van der Waals surface area contributed by atoms with Crippen molar-refractivity contribution < 1.29 is 4.39 Å². The predicted molar refractivity (Wildman–Crippen MR) is 78.1 cm³/mol. The summed E-state index contributed by atoms with van der Waals surface area (Å²) in [6.45, 7) is 6.18. The lowest BCUT2D eigenvalue weighted by molar-refractivity contribution is 0.391. The number of alkyl halides is 1. The fourth-order valence-corrected chi connectivity index (χ4v) is 2.57. The van der Waals surface area contributed by atoms with Crippen LogP contribution in [0.15, 0.2) is 18.2 Å². The van der Waals surface area contributed by atoms with E-state index >= 15 is 0 Å². The maximum Gasteiger partial charge on any atom is 0.165 e. The molecule has 1 aromatic carbocycles. The summed E-state index contributed by atoms with van der Waals surface area (Å²) in [4.78, 5) is 0. The summed E-state index contributed by atoms with van der Waals surface area (Å²) in [5.74, 6) is 1.09. The summed E-state index contributed by atoms with van der Waals surface area (Å²) >= 11 is 9.51. The topological polar surface area (TPSA) is 30.7 Å². The first-order chi connectivity index (χ1) is 8.84. The van der Waals surface area contributed by atoms with Crippen molar-refractivity contribution >= 4 is 27.5 Å². The SMILES string of the molecule is CC(C)(C)n1c(CBr)nnc1-c1ccc(F)cc1Cl. The van der Waals surface area contributed by atoms with Crippen LogP contribution in [0, 0.1) is 5.82 Å². The van der Waals surface area contributed by atoms with E-state index in [0.29, 0.717) is 21.7 Å². The van der Waals surface area contributed by atoms with Crippen LogP contribution in [0.25, 0.3) is 11.4 Å². The molecule has 2 aromatic rings. The molecule has 0 radical (unpaired) electrons. The molecule has 102 valence electrons. The molecule has 0 unspecified atom stereocenters. The van der Waals surface area contributed by atoms with Gasteiger partial charge < -0.3 is 4.57 Å². The Morgan fingerprint density at radius 3 is 2.53 bits per heavy atom. The molecular weight excluding hydrogens is 333 g/mol. The van der Waals surface area contributed by atoms with Crippen LogP contribution in [0.1, 0.15) is 26.6 Å². The third-order valence-corrected chi connectivity index (χ3v) is 3.51. The molecule has 0 saturated heterocycles. The maximum atomic E-state index is 13.1. The fraction of sp³-hybridized carbons (Fsp3) is 0.385. The van der Waals surface area contributed by atoms with Gasteiger partial charge in [0.1, 0.15) is 11.6 Å².